The molecule has 2 aliphatic rings. The molecule has 272 valence electrons. The van der Waals surface area contributed by atoms with Gasteiger partial charge in [0.25, 0.3) is 0 Å². The summed E-state index contributed by atoms with van der Waals surface area (Å²) in [7, 11) is 0. The summed E-state index contributed by atoms with van der Waals surface area (Å²) in [6.45, 7) is 0. The van der Waals surface area contributed by atoms with Crippen LogP contribution < -0.4 is 10.2 Å². The zero-order valence-electron chi connectivity index (χ0n) is 31.6. The maximum absolute atomic E-state index is 6.63. The van der Waals surface area contributed by atoms with Gasteiger partial charge in [-0.15, -0.1) is 0 Å². The van der Waals surface area contributed by atoms with Crippen LogP contribution in [0.5, 0.6) is 0 Å². The highest BCUT2D eigenvalue weighted by Gasteiger charge is 2.50. The standard InChI is InChI=1S/C55H36N2O/c1-3-14-36(15-4-1)38-26-30-41(31-27-38)57-51-24-11-9-22-46(51)55(48-34-39(29-33-52(48)57)37-16-5-2-6-17-37)45-21-8-10-23-49(45)56-50-32-28-40(35-47(50)55)42-19-13-20-44-43-18-7-12-25-53(43)58-54(42)44/h1-35,56H. The number of nitrogens with zero attached hydrogens (tertiary/aromatic N) is 1. The van der Waals surface area contributed by atoms with E-state index in [0.29, 0.717) is 0 Å². The van der Waals surface area contributed by atoms with Crippen LogP contribution >= 0.6 is 0 Å². The Morgan fingerprint density at radius 3 is 1.79 bits per heavy atom. The molecule has 10 aromatic rings. The molecule has 1 atom stereocenters. The normalized spacial score (nSPS) is 15.1. The predicted octanol–water partition coefficient (Wildman–Crippen LogP) is 14.8. The van der Waals surface area contributed by atoms with Gasteiger partial charge < -0.3 is 14.6 Å². The third kappa shape index (κ3) is 4.74. The number of hydrogen-bond acceptors (Lipinski definition) is 3. The van der Waals surface area contributed by atoms with Crippen LogP contribution in [0.15, 0.2) is 217 Å². The molecular formula is C55H36N2O. The Hall–Kier alpha value is -7.62. The Morgan fingerprint density at radius 1 is 0.379 bits per heavy atom. The molecule has 0 saturated carbocycles. The molecule has 0 fully saturated rings. The molecule has 0 amide bonds. The minimum atomic E-state index is -0.674. The summed E-state index contributed by atoms with van der Waals surface area (Å²) < 4.78 is 6.63. The lowest BCUT2D eigenvalue weighted by Crippen LogP contribution is -2.40. The Morgan fingerprint density at radius 2 is 0.966 bits per heavy atom. The SMILES string of the molecule is c1ccc(-c2ccc(N3c4ccccc4C4(c5ccccc5Nc5ccc(-c6cccc7c6oc6ccccc67)cc54)c4cc(-c5ccccc5)ccc43)cc2)cc1. The zero-order valence-corrected chi connectivity index (χ0v) is 31.6. The van der Waals surface area contributed by atoms with Gasteiger partial charge in [0.15, 0.2) is 0 Å². The van der Waals surface area contributed by atoms with Gasteiger partial charge >= 0.3 is 0 Å². The summed E-state index contributed by atoms with van der Waals surface area (Å²) in [5.41, 5.74) is 18.6. The van der Waals surface area contributed by atoms with E-state index in [-0.39, 0.29) is 0 Å². The van der Waals surface area contributed by atoms with Gasteiger partial charge in [-0.1, -0.05) is 158 Å². The van der Waals surface area contributed by atoms with E-state index in [4.69, 9.17) is 4.42 Å². The van der Waals surface area contributed by atoms with Crippen LogP contribution in [0.1, 0.15) is 22.3 Å². The zero-order chi connectivity index (χ0) is 38.2. The number of furan rings is 1. The number of rotatable bonds is 4. The van der Waals surface area contributed by atoms with Crippen molar-refractivity contribution in [1.82, 2.24) is 0 Å². The predicted molar refractivity (Wildman–Crippen MR) is 240 cm³/mol. The summed E-state index contributed by atoms with van der Waals surface area (Å²) in [6, 6.07) is 77.1. The molecule has 12 rings (SSSR count). The van der Waals surface area contributed by atoms with Crippen molar-refractivity contribution >= 4 is 50.4 Å². The number of fused-ring (bicyclic) bond motifs is 11. The summed E-state index contributed by atoms with van der Waals surface area (Å²) in [5.74, 6) is 0. The molecule has 0 aliphatic carbocycles. The second-order valence-electron chi connectivity index (χ2n) is 15.3. The Bertz CT molecular complexity index is 3200. The van der Waals surface area contributed by atoms with Crippen molar-refractivity contribution in [3.05, 3.63) is 235 Å². The van der Waals surface area contributed by atoms with Crippen LogP contribution in [0, 0.1) is 0 Å². The molecule has 0 bridgehead atoms. The van der Waals surface area contributed by atoms with Crippen molar-refractivity contribution in [2.24, 2.45) is 0 Å². The molecular weight excluding hydrogens is 705 g/mol. The van der Waals surface area contributed by atoms with Gasteiger partial charge in [-0.3, -0.25) is 0 Å². The molecule has 2 aliphatic heterocycles. The van der Waals surface area contributed by atoms with Gasteiger partial charge in [0.1, 0.15) is 11.2 Å². The minimum Gasteiger partial charge on any atom is -0.455 e. The third-order valence-electron chi connectivity index (χ3n) is 12.3. The monoisotopic (exact) mass is 740 g/mol. The van der Waals surface area contributed by atoms with Crippen LogP contribution in [0.3, 0.4) is 0 Å². The van der Waals surface area contributed by atoms with Gasteiger partial charge in [-0.2, -0.15) is 0 Å². The smallest absolute Gasteiger partial charge is 0.143 e. The fourth-order valence-corrected chi connectivity index (χ4v) is 9.71. The van der Waals surface area contributed by atoms with E-state index in [1.54, 1.807) is 0 Å². The van der Waals surface area contributed by atoms with Crippen molar-refractivity contribution in [1.29, 1.82) is 0 Å². The van der Waals surface area contributed by atoms with E-state index in [1.165, 1.54) is 44.5 Å². The molecule has 3 heterocycles. The maximum Gasteiger partial charge on any atom is 0.143 e. The van der Waals surface area contributed by atoms with E-state index in [1.807, 2.05) is 6.07 Å². The van der Waals surface area contributed by atoms with Crippen LogP contribution in [-0.2, 0) is 5.41 Å². The van der Waals surface area contributed by atoms with Gasteiger partial charge in [0, 0.05) is 33.4 Å². The Balaban J connectivity index is 1.15. The molecule has 1 unspecified atom stereocenters. The topological polar surface area (TPSA) is 28.4 Å². The third-order valence-corrected chi connectivity index (χ3v) is 12.3. The fourth-order valence-electron chi connectivity index (χ4n) is 9.71. The highest BCUT2D eigenvalue weighted by Crippen LogP contribution is 2.62. The van der Waals surface area contributed by atoms with Crippen LogP contribution in [0.4, 0.5) is 28.4 Å². The number of para-hydroxylation sites is 4. The molecule has 1 N–H and O–H groups in total. The first-order valence-electron chi connectivity index (χ1n) is 19.9. The Labute approximate surface area is 337 Å². The largest absolute Gasteiger partial charge is 0.455 e. The molecule has 58 heavy (non-hydrogen) atoms. The number of hydrogen-bond donors (Lipinski definition) is 1. The second-order valence-corrected chi connectivity index (χ2v) is 15.3. The van der Waals surface area contributed by atoms with Gasteiger partial charge in [0.05, 0.1) is 16.8 Å². The Kier molecular flexibility index (Phi) is 7.14. The van der Waals surface area contributed by atoms with Crippen LogP contribution in [0.2, 0.25) is 0 Å². The first kappa shape index (κ1) is 32.6. The quantitative estimate of drug-likeness (QED) is 0.195. The van der Waals surface area contributed by atoms with Crippen molar-refractivity contribution in [2.45, 2.75) is 5.41 Å². The molecule has 1 aromatic heterocycles. The summed E-state index contributed by atoms with van der Waals surface area (Å²) in [5, 5.41) is 6.14. The first-order valence-corrected chi connectivity index (χ1v) is 19.9. The van der Waals surface area contributed by atoms with Crippen molar-refractivity contribution in [3.8, 4) is 33.4 Å². The van der Waals surface area contributed by atoms with Crippen LogP contribution in [0.25, 0.3) is 55.3 Å². The van der Waals surface area contributed by atoms with Gasteiger partial charge in [0.2, 0.25) is 0 Å². The first-order chi connectivity index (χ1) is 28.8. The highest BCUT2D eigenvalue weighted by molar-refractivity contribution is 6.10. The fraction of sp³-hybridized carbons (Fsp3) is 0.0182. The van der Waals surface area contributed by atoms with Crippen molar-refractivity contribution < 1.29 is 4.42 Å². The lowest BCUT2D eigenvalue weighted by molar-refractivity contribution is 0.670. The summed E-state index contributed by atoms with van der Waals surface area (Å²) in [6.07, 6.45) is 0. The van der Waals surface area contributed by atoms with Crippen LogP contribution in [-0.4, -0.2) is 0 Å². The van der Waals surface area contributed by atoms with E-state index >= 15 is 0 Å². The van der Waals surface area contributed by atoms with E-state index in [9.17, 15) is 0 Å². The minimum absolute atomic E-state index is 0.674. The van der Waals surface area contributed by atoms with Gasteiger partial charge in [-0.25, -0.2) is 0 Å². The lowest BCUT2D eigenvalue weighted by atomic mass is 9.60. The van der Waals surface area contributed by atoms with E-state index < -0.39 is 5.41 Å². The van der Waals surface area contributed by atoms with Gasteiger partial charge in [-0.05, 0) is 105 Å². The van der Waals surface area contributed by atoms with E-state index in [2.05, 4.69) is 216 Å². The van der Waals surface area contributed by atoms with E-state index in [0.717, 1.165) is 61.5 Å². The molecule has 3 nitrogen and oxygen atoms in total. The number of nitrogens with one attached hydrogen (secondary N) is 1. The molecule has 0 saturated heterocycles. The average Bonchev–Trinajstić information content (AvgIpc) is 3.69. The average molecular weight is 741 g/mol. The maximum atomic E-state index is 6.63. The molecule has 3 heteroatoms. The highest BCUT2D eigenvalue weighted by atomic mass is 16.3. The number of anilines is 5. The molecule has 9 aromatic carbocycles. The van der Waals surface area contributed by atoms with Crippen molar-refractivity contribution in [2.75, 3.05) is 10.2 Å². The summed E-state index contributed by atoms with van der Waals surface area (Å²) in [4.78, 5) is 2.46. The van der Waals surface area contributed by atoms with Crippen molar-refractivity contribution in [3.63, 3.8) is 0 Å². The molecule has 0 radical (unpaired) electrons. The summed E-state index contributed by atoms with van der Waals surface area (Å²) >= 11 is 0. The second kappa shape index (κ2) is 12.7. The molecule has 1 spiro atoms. The lowest BCUT2D eigenvalue weighted by Gasteiger charge is -2.49. The number of benzene rings is 9.